The number of carboxylic acid groups (broad SMARTS) is 1. The number of hydrogen-bond acceptors (Lipinski definition) is 5. The summed E-state index contributed by atoms with van der Waals surface area (Å²) < 4.78 is 6.66. The van der Waals surface area contributed by atoms with Gasteiger partial charge in [0.2, 0.25) is 5.88 Å². The lowest BCUT2D eigenvalue weighted by Crippen LogP contribution is -2.05. The fraction of sp³-hybridized carbons (Fsp3) is 0. The van der Waals surface area contributed by atoms with E-state index in [4.69, 9.17) is 15.6 Å². The molecule has 20 heavy (non-hydrogen) atoms. The number of nitrogen functional groups attached to an aromatic ring is 1. The average molecular weight is 270 g/mol. The second-order valence-electron chi connectivity index (χ2n) is 4.07. The lowest BCUT2D eigenvalue weighted by molar-refractivity contribution is 0.197. The van der Waals surface area contributed by atoms with E-state index in [0.717, 1.165) is 9.95 Å². The van der Waals surface area contributed by atoms with E-state index in [-0.39, 0.29) is 0 Å². The molecular formula is C13H10N4O3. The Hall–Kier alpha value is -3.09. The molecule has 1 aromatic carbocycles. The predicted molar refractivity (Wildman–Crippen MR) is 71.9 cm³/mol. The Morgan fingerprint density at radius 1 is 1.25 bits per heavy atom. The molecule has 0 saturated carbocycles. The summed E-state index contributed by atoms with van der Waals surface area (Å²) in [5.41, 5.74) is 6.08. The molecule has 3 N–H and O–H groups in total. The summed E-state index contributed by atoms with van der Waals surface area (Å²) in [6.07, 6.45) is 1.73. The van der Waals surface area contributed by atoms with E-state index in [1.54, 1.807) is 24.3 Å². The number of carbonyl (C=O) groups is 1. The monoisotopic (exact) mass is 270 g/mol. The van der Waals surface area contributed by atoms with Crippen LogP contribution < -0.4 is 10.5 Å². The fourth-order valence-electron chi connectivity index (χ4n) is 1.87. The van der Waals surface area contributed by atoms with Crippen LogP contribution in [-0.2, 0) is 0 Å². The summed E-state index contributed by atoms with van der Waals surface area (Å²) in [6.45, 7) is 0. The zero-order chi connectivity index (χ0) is 14.1. The Morgan fingerprint density at radius 2 is 2.10 bits per heavy atom. The molecule has 0 aliphatic carbocycles. The van der Waals surface area contributed by atoms with E-state index in [0.29, 0.717) is 23.0 Å². The first-order valence-electron chi connectivity index (χ1n) is 5.73. The smallest absolute Gasteiger partial charge is 0.416 e. The predicted octanol–water partition coefficient (Wildman–Crippen LogP) is 2.33. The van der Waals surface area contributed by atoms with Gasteiger partial charge < -0.3 is 15.6 Å². The van der Waals surface area contributed by atoms with Crippen molar-refractivity contribution in [3.63, 3.8) is 0 Å². The van der Waals surface area contributed by atoms with Crippen LogP contribution in [0.2, 0.25) is 0 Å². The molecule has 0 spiro atoms. The minimum atomic E-state index is -1.05. The molecule has 2 heterocycles. The van der Waals surface area contributed by atoms with Gasteiger partial charge >= 0.3 is 6.09 Å². The first kappa shape index (κ1) is 12.0. The van der Waals surface area contributed by atoms with Crippen LogP contribution in [0.5, 0.6) is 11.6 Å². The van der Waals surface area contributed by atoms with Crippen molar-refractivity contribution in [2.45, 2.75) is 0 Å². The Morgan fingerprint density at radius 3 is 2.85 bits per heavy atom. The molecule has 0 bridgehead atoms. The van der Waals surface area contributed by atoms with Gasteiger partial charge in [0.1, 0.15) is 17.9 Å². The van der Waals surface area contributed by atoms with Gasteiger partial charge in [-0.25, -0.2) is 14.8 Å². The molecule has 0 saturated heterocycles. The summed E-state index contributed by atoms with van der Waals surface area (Å²) >= 11 is 0. The molecule has 0 aliphatic rings. The third-order valence-electron chi connectivity index (χ3n) is 2.76. The van der Waals surface area contributed by atoms with Crippen LogP contribution in [0.1, 0.15) is 0 Å². The Balaban J connectivity index is 2.00. The van der Waals surface area contributed by atoms with E-state index >= 15 is 0 Å². The molecule has 0 atom stereocenters. The maximum Gasteiger partial charge on any atom is 0.416 e. The van der Waals surface area contributed by atoms with Crippen molar-refractivity contribution in [2.24, 2.45) is 0 Å². The van der Waals surface area contributed by atoms with Crippen molar-refractivity contribution in [3.8, 4) is 11.6 Å². The highest BCUT2D eigenvalue weighted by Crippen LogP contribution is 2.25. The number of hydrogen-bond donors (Lipinski definition) is 2. The molecule has 0 radical (unpaired) electrons. The first-order chi connectivity index (χ1) is 9.63. The molecule has 100 valence electrons. The highest BCUT2D eigenvalue weighted by molar-refractivity contribution is 5.89. The number of nitrogens with zero attached hydrogens (tertiary/aromatic N) is 3. The molecular weight excluding hydrogens is 260 g/mol. The van der Waals surface area contributed by atoms with Crippen molar-refractivity contribution < 1.29 is 14.6 Å². The topological polar surface area (TPSA) is 103 Å². The van der Waals surface area contributed by atoms with Gasteiger partial charge in [-0.2, -0.15) is 0 Å². The first-order valence-corrected chi connectivity index (χ1v) is 5.73. The van der Waals surface area contributed by atoms with Gasteiger partial charge in [-0.3, -0.25) is 4.57 Å². The molecule has 2 aromatic heterocycles. The number of benzene rings is 1. The minimum absolute atomic E-state index is 0.296. The molecule has 0 fully saturated rings. The van der Waals surface area contributed by atoms with E-state index in [2.05, 4.69) is 9.97 Å². The number of fused-ring (bicyclic) bond motifs is 1. The van der Waals surface area contributed by atoms with E-state index in [9.17, 15) is 4.79 Å². The van der Waals surface area contributed by atoms with Crippen molar-refractivity contribution in [2.75, 3.05) is 5.73 Å². The Kier molecular flexibility index (Phi) is 2.72. The third-order valence-corrected chi connectivity index (χ3v) is 2.76. The van der Waals surface area contributed by atoms with Crippen LogP contribution in [0.3, 0.4) is 0 Å². The zero-order valence-corrected chi connectivity index (χ0v) is 10.2. The minimum Gasteiger partial charge on any atom is -0.464 e. The Labute approximate surface area is 113 Å². The molecule has 0 aliphatic heterocycles. The summed E-state index contributed by atoms with van der Waals surface area (Å²) in [4.78, 5) is 18.8. The lowest BCUT2D eigenvalue weighted by Gasteiger charge is -2.05. The van der Waals surface area contributed by atoms with Crippen molar-refractivity contribution in [1.29, 1.82) is 0 Å². The maximum absolute atomic E-state index is 11.1. The van der Waals surface area contributed by atoms with Gasteiger partial charge in [-0.1, -0.05) is 0 Å². The zero-order valence-electron chi connectivity index (χ0n) is 10.2. The number of nitrogens with two attached hydrogens (primary N) is 1. The largest absolute Gasteiger partial charge is 0.464 e. The molecule has 0 unspecified atom stereocenters. The van der Waals surface area contributed by atoms with Crippen LogP contribution in [0.4, 0.5) is 10.6 Å². The van der Waals surface area contributed by atoms with Gasteiger partial charge in [-0.15, -0.1) is 0 Å². The lowest BCUT2D eigenvalue weighted by atomic mass is 10.2. The molecule has 3 aromatic rings. The molecule has 3 rings (SSSR count). The average Bonchev–Trinajstić information content (AvgIpc) is 2.82. The van der Waals surface area contributed by atoms with Gasteiger partial charge in [0.25, 0.3) is 0 Å². The van der Waals surface area contributed by atoms with Crippen LogP contribution in [-0.4, -0.2) is 25.7 Å². The number of ether oxygens (including phenoxy) is 1. The molecule has 7 nitrogen and oxygen atoms in total. The maximum atomic E-state index is 11.1. The number of aromatic nitrogens is 3. The Bertz CT molecular complexity index is 797. The van der Waals surface area contributed by atoms with Crippen molar-refractivity contribution >= 4 is 22.8 Å². The summed E-state index contributed by atoms with van der Waals surface area (Å²) in [7, 11) is 0. The summed E-state index contributed by atoms with van der Waals surface area (Å²) in [6, 6.07) is 8.33. The van der Waals surface area contributed by atoms with Crippen molar-refractivity contribution in [3.05, 3.63) is 42.9 Å². The van der Waals surface area contributed by atoms with E-state index < -0.39 is 6.09 Å². The number of anilines is 1. The van der Waals surface area contributed by atoms with Gasteiger partial charge in [0.05, 0.1) is 5.52 Å². The summed E-state index contributed by atoms with van der Waals surface area (Å²) in [5, 5.41) is 9.88. The second kappa shape index (κ2) is 4.54. The van der Waals surface area contributed by atoms with Gasteiger partial charge in [0, 0.05) is 23.7 Å². The quantitative estimate of drug-likeness (QED) is 0.740. The van der Waals surface area contributed by atoms with Crippen LogP contribution in [0.25, 0.3) is 10.9 Å². The number of rotatable bonds is 2. The standard InChI is InChI=1S/C13H10N4O3/c14-11-6-12(16-7-15-11)20-9-2-1-8-3-4-17(13(18)19)10(8)5-9/h1-7H,(H,18,19)(H2,14,15,16). The van der Waals surface area contributed by atoms with E-state index in [1.807, 2.05) is 0 Å². The highest BCUT2D eigenvalue weighted by atomic mass is 16.5. The van der Waals surface area contributed by atoms with Crippen LogP contribution >= 0.6 is 0 Å². The van der Waals surface area contributed by atoms with Crippen LogP contribution in [0, 0.1) is 0 Å². The van der Waals surface area contributed by atoms with Crippen LogP contribution in [0.15, 0.2) is 42.9 Å². The molecule has 7 heteroatoms. The van der Waals surface area contributed by atoms with E-state index in [1.165, 1.54) is 18.6 Å². The fourth-order valence-corrected chi connectivity index (χ4v) is 1.87. The summed E-state index contributed by atoms with van der Waals surface area (Å²) in [5.74, 6) is 1.06. The SMILES string of the molecule is Nc1cc(Oc2ccc3ccn(C(=O)O)c3c2)ncn1. The normalized spacial score (nSPS) is 10.6. The second-order valence-corrected chi connectivity index (χ2v) is 4.07. The highest BCUT2D eigenvalue weighted by Gasteiger charge is 2.08. The third kappa shape index (κ3) is 2.12. The van der Waals surface area contributed by atoms with Crippen molar-refractivity contribution in [1.82, 2.24) is 14.5 Å². The van der Waals surface area contributed by atoms with Gasteiger partial charge in [0.15, 0.2) is 0 Å². The van der Waals surface area contributed by atoms with Gasteiger partial charge in [-0.05, 0) is 18.2 Å². The molecule has 0 amide bonds.